The van der Waals surface area contributed by atoms with Gasteiger partial charge in [-0.2, -0.15) is 0 Å². The first-order chi connectivity index (χ1) is 14.3. The summed E-state index contributed by atoms with van der Waals surface area (Å²) in [7, 11) is -7.06. The molecule has 0 fully saturated rings. The molecule has 0 saturated carbocycles. The van der Waals surface area contributed by atoms with E-state index in [1.807, 2.05) is 0 Å². The van der Waals surface area contributed by atoms with Crippen LogP contribution in [-0.2, 0) is 18.2 Å². The van der Waals surface area contributed by atoms with Crippen LogP contribution >= 0.6 is 15.2 Å². The monoisotopic (exact) mass is 466 g/mol. The van der Waals surface area contributed by atoms with Gasteiger partial charge in [0.2, 0.25) is 0 Å². The lowest BCUT2D eigenvalue weighted by Gasteiger charge is -2.07. The Kier molecular flexibility index (Phi) is 19.3. The largest absolute Gasteiger partial charge is 0.351 e. The predicted octanol–water partition coefficient (Wildman–Crippen LogP) is 7.92. The summed E-state index contributed by atoms with van der Waals surface area (Å²) >= 11 is 0. The van der Waals surface area contributed by atoms with Gasteiger partial charge in [-0.3, -0.25) is 9.13 Å². The van der Waals surface area contributed by atoms with Gasteiger partial charge >= 0.3 is 15.2 Å². The summed E-state index contributed by atoms with van der Waals surface area (Å²) in [6.07, 6.45) is 18.9. The minimum absolute atomic E-state index is 0.330. The summed E-state index contributed by atoms with van der Waals surface area (Å²) in [5, 5.41) is 0. The summed E-state index contributed by atoms with van der Waals surface area (Å²) in [6.45, 7) is 7.23. The van der Waals surface area contributed by atoms with Crippen molar-refractivity contribution in [3.05, 3.63) is 24.8 Å². The molecule has 0 amide bonds. The molecule has 0 aromatic heterocycles. The lowest BCUT2D eigenvalue weighted by Crippen LogP contribution is -1.91. The third-order valence-electron chi connectivity index (χ3n) is 5.05. The molecule has 0 aliphatic rings. The zero-order valence-electron chi connectivity index (χ0n) is 18.7. The normalized spacial score (nSPS) is 15.4. The summed E-state index contributed by atoms with van der Waals surface area (Å²) in [5.74, 6) is 1.97. The lowest BCUT2D eigenvalue weighted by molar-refractivity contribution is 0.259. The van der Waals surface area contributed by atoms with Crippen molar-refractivity contribution in [2.75, 3.05) is 13.2 Å². The van der Waals surface area contributed by atoms with Crippen LogP contribution in [0.3, 0.4) is 0 Å². The van der Waals surface area contributed by atoms with Crippen molar-refractivity contribution >= 4 is 15.2 Å². The SMILES string of the molecule is C=CP(=O)(O)OCCCCCCCCCCCCCCCCCCOP(=O)(O)C=C. The Hall–Kier alpha value is -0.220. The molecule has 0 aromatic rings. The molecule has 178 valence electrons. The van der Waals surface area contributed by atoms with E-state index < -0.39 is 15.2 Å². The van der Waals surface area contributed by atoms with Crippen LogP contribution < -0.4 is 0 Å². The highest BCUT2D eigenvalue weighted by Gasteiger charge is 2.12. The van der Waals surface area contributed by atoms with Gasteiger partial charge in [0.1, 0.15) is 0 Å². The van der Waals surface area contributed by atoms with E-state index in [-0.39, 0.29) is 0 Å². The van der Waals surface area contributed by atoms with Crippen molar-refractivity contribution in [1.29, 1.82) is 0 Å². The van der Waals surface area contributed by atoms with Crippen molar-refractivity contribution in [2.45, 2.75) is 103 Å². The zero-order chi connectivity index (χ0) is 22.6. The number of rotatable bonds is 23. The van der Waals surface area contributed by atoms with Crippen LogP contribution in [0.4, 0.5) is 0 Å². The maximum atomic E-state index is 11.2. The van der Waals surface area contributed by atoms with Crippen LogP contribution in [-0.4, -0.2) is 23.0 Å². The molecule has 0 aromatic carbocycles. The fraction of sp³-hybridized carbons (Fsp3) is 0.818. The molecule has 2 atom stereocenters. The van der Waals surface area contributed by atoms with Gasteiger partial charge in [0, 0.05) is 11.6 Å². The molecule has 0 heterocycles. The molecular formula is C22H44O6P2. The molecule has 2 unspecified atom stereocenters. The molecule has 8 heteroatoms. The van der Waals surface area contributed by atoms with Gasteiger partial charge in [0.15, 0.2) is 0 Å². The van der Waals surface area contributed by atoms with Crippen LogP contribution in [0, 0.1) is 0 Å². The molecule has 30 heavy (non-hydrogen) atoms. The van der Waals surface area contributed by atoms with Crippen molar-refractivity contribution < 1.29 is 28.0 Å². The Morgan fingerprint density at radius 1 is 0.500 bits per heavy atom. The van der Waals surface area contributed by atoms with Gasteiger partial charge in [-0.25, -0.2) is 0 Å². The molecule has 0 spiro atoms. The van der Waals surface area contributed by atoms with E-state index in [4.69, 9.17) is 9.05 Å². The van der Waals surface area contributed by atoms with Gasteiger partial charge in [-0.05, 0) is 12.8 Å². The first-order valence-electron chi connectivity index (χ1n) is 11.5. The Morgan fingerprint density at radius 3 is 0.900 bits per heavy atom. The van der Waals surface area contributed by atoms with E-state index in [1.165, 1.54) is 64.2 Å². The van der Waals surface area contributed by atoms with Crippen LogP contribution in [0.5, 0.6) is 0 Å². The van der Waals surface area contributed by atoms with Crippen LogP contribution in [0.2, 0.25) is 0 Å². The molecule has 0 rings (SSSR count). The van der Waals surface area contributed by atoms with Gasteiger partial charge in [-0.15, -0.1) is 0 Å². The molecule has 6 nitrogen and oxygen atoms in total. The fourth-order valence-corrected chi connectivity index (χ4v) is 4.17. The molecule has 0 bridgehead atoms. The van der Waals surface area contributed by atoms with E-state index in [2.05, 4.69) is 13.2 Å². The first kappa shape index (κ1) is 29.8. The molecule has 0 aliphatic heterocycles. The van der Waals surface area contributed by atoms with E-state index >= 15 is 0 Å². The summed E-state index contributed by atoms with van der Waals surface area (Å²) in [6, 6.07) is 0. The van der Waals surface area contributed by atoms with Crippen molar-refractivity contribution in [1.82, 2.24) is 0 Å². The number of unbranched alkanes of at least 4 members (excludes halogenated alkanes) is 15. The third kappa shape index (κ3) is 21.0. The zero-order valence-corrected chi connectivity index (χ0v) is 20.5. The van der Waals surface area contributed by atoms with Crippen molar-refractivity contribution in [3.8, 4) is 0 Å². The maximum absolute atomic E-state index is 11.2. The van der Waals surface area contributed by atoms with Gasteiger partial charge in [-0.1, -0.05) is 103 Å². The quantitative estimate of drug-likeness (QED) is 0.117. The molecular weight excluding hydrogens is 422 g/mol. The Morgan fingerprint density at radius 2 is 0.700 bits per heavy atom. The second-order valence-corrected chi connectivity index (χ2v) is 11.3. The average molecular weight is 467 g/mol. The maximum Gasteiger partial charge on any atom is 0.351 e. The fourth-order valence-electron chi connectivity index (χ4n) is 3.18. The van der Waals surface area contributed by atoms with Crippen LogP contribution in [0.1, 0.15) is 103 Å². The summed E-state index contributed by atoms with van der Waals surface area (Å²) in [5.41, 5.74) is 0. The molecule has 0 radical (unpaired) electrons. The number of hydrogen-bond acceptors (Lipinski definition) is 4. The van der Waals surface area contributed by atoms with E-state index in [9.17, 15) is 18.9 Å². The predicted molar refractivity (Wildman–Crippen MR) is 126 cm³/mol. The second kappa shape index (κ2) is 19.5. The Labute approximate surface area is 184 Å². The lowest BCUT2D eigenvalue weighted by atomic mass is 10.0. The smallest absolute Gasteiger partial charge is 0.321 e. The Bertz CT molecular complexity index is 478. The number of hydrogen-bond donors (Lipinski definition) is 2. The third-order valence-corrected chi connectivity index (χ3v) is 7.08. The molecule has 0 aliphatic carbocycles. The Balaban J connectivity index is 3.16. The average Bonchev–Trinajstić information content (AvgIpc) is 2.72. The van der Waals surface area contributed by atoms with Crippen LogP contribution in [0.25, 0.3) is 0 Å². The van der Waals surface area contributed by atoms with E-state index in [0.717, 1.165) is 50.2 Å². The highest BCUT2D eigenvalue weighted by molar-refractivity contribution is 7.56. The van der Waals surface area contributed by atoms with Crippen molar-refractivity contribution in [3.63, 3.8) is 0 Å². The topological polar surface area (TPSA) is 93.1 Å². The highest BCUT2D eigenvalue weighted by Crippen LogP contribution is 2.43. The molecule has 2 N–H and O–H groups in total. The highest BCUT2D eigenvalue weighted by atomic mass is 31.2. The van der Waals surface area contributed by atoms with Crippen molar-refractivity contribution in [2.24, 2.45) is 0 Å². The standard InChI is InChI=1S/C22H44O6P2/c1-3-29(23,24)27-21-19-17-15-13-11-9-7-5-6-8-10-12-14-16-18-20-22-28-30(25,26)4-2/h3-4H,1-2,5-22H2,(H,23,24)(H,25,26). The van der Waals surface area contributed by atoms with E-state index in [1.54, 1.807) is 0 Å². The van der Waals surface area contributed by atoms with Gasteiger partial charge in [0.05, 0.1) is 13.2 Å². The van der Waals surface area contributed by atoms with E-state index in [0.29, 0.717) is 13.2 Å². The summed E-state index contributed by atoms with van der Waals surface area (Å²) < 4.78 is 32.2. The first-order valence-corrected chi connectivity index (χ1v) is 14.8. The van der Waals surface area contributed by atoms with Gasteiger partial charge in [0.25, 0.3) is 0 Å². The van der Waals surface area contributed by atoms with Crippen LogP contribution in [0.15, 0.2) is 24.8 Å². The second-order valence-electron chi connectivity index (χ2n) is 7.82. The minimum Gasteiger partial charge on any atom is -0.321 e. The van der Waals surface area contributed by atoms with Gasteiger partial charge < -0.3 is 18.8 Å². The molecule has 0 saturated heterocycles. The minimum atomic E-state index is -3.53. The summed E-state index contributed by atoms with van der Waals surface area (Å²) in [4.78, 5) is 18.4.